The fourth-order valence-electron chi connectivity index (χ4n) is 0.838. The first kappa shape index (κ1) is 12.1. The van der Waals surface area contributed by atoms with E-state index >= 15 is 0 Å². The minimum Gasteiger partial charge on any atom is -0.371 e. The van der Waals surface area contributed by atoms with Gasteiger partial charge in [-0.1, -0.05) is 6.07 Å². The summed E-state index contributed by atoms with van der Waals surface area (Å²) in [5.74, 6) is 0. The Morgan fingerprint density at radius 2 is 1.79 bits per heavy atom. The highest BCUT2D eigenvalue weighted by molar-refractivity contribution is 9.13. The summed E-state index contributed by atoms with van der Waals surface area (Å²) in [7, 11) is -4.47. The third-order valence-electron chi connectivity index (χ3n) is 1.51. The zero-order chi connectivity index (χ0) is 10.9. The molecule has 1 rings (SSSR count). The molecule has 0 radical (unpaired) electrons. The molecule has 4 nitrogen and oxygen atoms in total. The molecule has 0 saturated heterocycles. The van der Waals surface area contributed by atoms with Crippen molar-refractivity contribution in [3.05, 3.63) is 32.7 Å². The topological polar surface area (TPSA) is 74.6 Å². The van der Waals surface area contributed by atoms with Crippen LogP contribution in [-0.2, 0) is 10.1 Å². The van der Waals surface area contributed by atoms with Gasteiger partial charge in [0.1, 0.15) is 0 Å². The Labute approximate surface area is 98.0 Å². The van der Waals surface area contributed by atoms with Gasteiger partial charge in [-0.2, -0.15) is 8.42 Å². The first-order chi connectivity index (χ1) is 6.32. The van der Waals surface area contributed by atoms with Crippen LogP contribution >= 0.6 is 31.9 Å². The van der Waals surface area contributed by atoms with Gasteiger partial charge in [-0.15, -0.1) is 0 Å². The fourth-order valence-corrected chi connectivity index (χ4v) is 1.97. The number of benzene rings is 1. The summed E-state index contributed by atoms with van der Waals surface area (Å²) < 4.78 is 31.1. The summed E-state index contributed by atoms with van der Waals surface area (Å²) in [6.45, 7) is 0. The lowest BCUT2D eigenvalue weighted by molar-refractivity contribution is 0.238. The number of hydrogen-bond acceptors (Lipinski definition) is 3. The van der Waals surface area contributed by atoms with Gasteiger partial charge < -0.3 is 5.11 Å². The quantitative estimate of drug-likeness (QED) is 0.805. The fraction of sp³-hybridized carbons (Fsp3) is 0.143. The van der Waals surface area contributed by atoms with E-state index in [2.05, 4.69) is 31.9 Å². The van der Waals surface area contributed by atoms with Gasteiger partial charge in [0.2, 0.25) is 5.44 Å². The van der Waals surface area contributed by atoms with Crippen LogP contribution in [0.25, 0.3) is 0 Å². The molecule has 1 atom stereocenters. The van der Waals surface area contributed by atoms with Crippen LogP contribution in [0.3, 0.4) is 0 Å². The second-order valence-electron chi connectivity index (χ2n) is 2.54. The van der Waals surface area contributed by atoms with E-state index in [1.54, 1.807) is 6.07 Å². The first-order valence-corrected chi connectivity index (χ1v) is 6.50. The monoisotopic (exact) mass is 344 g/mol. The number of rotatable bonds is 2. The summed E-state index contributed by atoms with van der Waals surface area (Å²) >= 11 is 6.34. The number of halogens is 2. The van der Waals surface area contributed by atoms with E-state index in [0.717, 1.165) is 4.47 Å². The van der Waals surface area contributed by atoms with Crippen molar-refractivity contribution in [1.82, 2.24) is 0 Å². The van der Waals surface area contributed by atoms with E-state index in [0.29, 0.717) is 4.47 Å². The third kappa shape index (κ3) is 2.77. The van der Waals surface area contributed by atoms with Crippen LogP contribution < -0.4 is 0 Å². The van der Waals surface area contributed by atoms with Crippen molar-refractivity contribution < 1.29 is 18.1 Å². The molecule has 0 aliphatic heterocycles. The lowest BCUT2D eigenvalue weighted by Crippen LogP contribution is -2.11. The number of hydrogen-bond donors (Lipinski definition) is 2. The number of aliphatic hydroxyl groups is 1. The molecule has 0 aliphatic rings. The average Bonchev–Trinajstić information content (AvgIpc) is 2.07. The van der Waals surface area contributed by atoms with Crippen LogP contribution in [0.2, 0.25) is 0 Å². The van der Waals surface area contributed by atoms with E-state index in [1.807, 2.05) is 0 Å². The zero-order valence-corrected chi connectivity index (χ0v) is 10.7. The Morgan fingerprint density at radius 3 is 2.21 bits per heavy atom. The van der Waals surface area contributed by atoms with Crippen molar-refractivity contribution >= 4 is 42.0 Å². The van der Waals surface area contributed by atoms with Crippen molar-refractivity contribution in [1.29, 1.82) is 0 Å². The normalized spacial score (nSPS) is 14.0. The van der Waals surface area contributed by atoms with Gasteiger partial charge in [0.05, 0.1) is 0 Å². The lowest BCUT2D eigenvalue weighted by atomic mass is 10.2. The molecular formula is C7H6Br2O4S. The molecule has 7 heteroatoms. The average molecular weight is 346 g/mol. The molecule has 14 heavy (non-hydrogen) atoms. The van der Waals surface area contributed by atoms with Crippen molar-refractivity contribution in [2.45, 2.75) is 5.44 Å². The predicted molar refractivity (Wildman–Crippen MR) is 58.4 cm³/mol. The van der Waals surface area contributed by atoms with Crippen LogP contribution in [-0.4, -0.2) is 18.1 Å². The van der Waals surface area contributed by atoms with Gasteiger partial charge >= 0.3 is 0 Å². The summed E-state index contributed by atoms with van der Waals surface area (Å²) in [5, 5.41) is 9.20. The van der Waals surface area contributed by atoms with E-state index in [9.17, 15) is 13.5 Å². The summed E-state index contributed by atoms with van der Waals surface area (Å²) in [4.78, 5) is 0. The molecule has 0 amide bonds. The van der Waals surface area contributed by atoms with Crippen molar-refractivity contribution in [2.75, 3.05) is 0 Å². The minimum absolute atomic E-state index is 0.0996. The maximum atomic E-state index is 10.6. The van der Waals surface area contributed by atoms with E-state index < -0.39 is 15.6 Å². The number of aliphatic hydroxyl groups excluding tert-OH is 1. The molecule has 2 N–H and O–H groups in total. The Balaban J connectivity index is 3.16. The van der Waals surface area contributed by atoms with Gasteiger partial charge in [0.25, 0.3) is 10.1 Å². The van der Waals surface area contributed by atoms with Gasteiger partial charge in [0, 0.05) is 8.95 Å². The Kier molecular flexibility index (Phi) is 3.70. The molecule has 0 aromatic heterocycles. The van der Waals surface area contributed by atoms with Crippen LogP contribution in [0.1, 0.15) is 11.0 Å². The van der Waals surface area contributed by atoms with Crippen LogP contribution in [0.5, 0.6) is 0 Å². The molecule has 78 valence electrons. The van der Waals surface area contributed by atoms with Crippen molar-refractivity contribution in [2.24, 2.45) is 0 Å². The van der Waals surface area contributed by atoms with Gasteiger partial charge in [-0.3, -0.25) is 4.55 Å². The van der Waals surface area contributed by atoms with Crippen LogP contribution in [0.4, 0.5) is 0 Å². The highest BCUT2D eigenvalue weighted by atomic mass is 79.9. The van der Waals surface area contributed by atoms with Gasteiger partial charge in [0.15, 0.2) is 0 Å². The van der Waals surface area contributed by atoms with Gasteiger partial charge in [-0.25, -0.2) is 0 Å². The molecule has 0 fully saturated rings. The van der Waals surface area contributed by atoms with E-state index in [-0.39, 0.29) is 5.56 Å². The molecule has 0 bridgehead atoms. The largest absolute Gasteiger partial charge is 0.371 e. The smallest absolute Gasteiger partial charge is 0.296 e. The Hall–Kier alpha value is 0.0500. The van der Waals surface area contributed by atoms with E-state index in [4.69, 9.17) is 4.55 Å². The van der Waals surface area contributed by atoms with Gasteiger partial charge in [-0.05, 0) is 49.6 Å². The molecule has 1 aromatic carbocycles. The second kappa shape index (κ2) is 4.28. The van der Waals surface area contributed by atoms with Crippen molar-refractivity contribution in [3.63, 3.8) is 0 Å². The third-order valence-corrected chi connectivity index (χ3v) is 4.23. The predicted octanol–water partition coefficient (Wildman–Crippen LogP) is 2.09. The van der Waals surface area contributed by atoms with E-state index in [1.165, 1.54) is 12.1 Å². The maximum Gasteiger partial charge on any atom is 0.296 e. The van der Waals surface area contributed by atoms with Crippen molar-refractivity contribution in [3.8, 4) is 0 Å². The molecular weight excluding hydrogens is 340 g/mol. The molecule has 1 aromatic rings. The summed E-state index contributed by atoms with van der Waals surface area (Å²) in [6, 6.07) is 4.36. The first-order valence-electron chi connectivity index (χ1n) is 3.41. The second-order valence-corrected chi connectivity index (χ2v) is 5.73. The Bertz CT molecular complexity index is 443. The summed E-state index contributed by atoms with van der Waals surface area (Å²) in [5.41, 5.74) is -1.81. The molecule has 0 heterocycles. The van der Waals surface area contributed by atoms with Crippen LogP contribution in [0.15, 0.2) is 27.1 Å². The lowest BCUT2D eigenvalue weighted by Gasteiger charge is -2.08. The highest BCUT2D eigenvalue weighted by Crippen LogP contribution is 2.27. The van der Waals surface area contributed by atoms with Crippen LogP contribution in [0, 0.1) is 0 Å². The maximum absolute atomic E-state index is 10.6. The molecule has 0 aliphatic carbocycles. The molecule has 1 unspecified atom stereocenters. The Morgan fingerprint density at radius 1 is 1.21 bits per heavy atom. The highest BCUT2D eigenvalue weighted by Gasteiger charge is 2.22. The zero-order valence-electron chi connectivity index (χ0n) is 6.68. The molecule has 0 saturated carbocycles. The standard InChI is InChI=1S/C7H6Br2O4S/c8-5-2-1-4(3-6(5)9)7(10)14(11,12)13/h1-3,7,10H,(H,11,12,13). The molecule has 0 spiro atoms. The summed E-state index contributed by atoms with van der Waals surface area (Å²) in [6.07, 6.45) is 0. The SMILES string of the molecule is O=S(=O)(O)C(O)c1ccc(Br)c(Br)c1. The minimum atomic E-state index is -4.47.